The normalized spacial score (nSPS) is 23.0. The molecule has 94 valence electrons. The SMILES string of the molecule is CC1(C)CC1C(Br)c1ccc(Cl)c2ccccc12. The summed E-state index contributed by atoms with van der Waals surface area (Å²) in [7, 11) is 0. The molecule has 1 aliphatic carbocycles. The third-order valence-electron chi connectivity index (χ3n) is 4.14. The number of alkyl halides is 1. The summed E-state index contributed by atoms with van der Waals surface area (Å²) >= 11 is 10.2. The van der Waals surface area contributed by atoms with E-state index in [1.54, 1.807) is 0 Å². The molecule has 2 heteroatoms. The lowest BCUT2D eigenvalue weighted by Crippen LogP contribution is -1.99. The van der Waals surface area contributed by atoms with Crippen LogP contribution in [0.1, 0.15) is 30.7 Å². The van der Waals surface area contributed by atoms with Crippen LogP contribution in [-0.4, -0.2) is 0 Å². The van der Waals surface area contributed by atoms with E-state index in [2.05, 4.69) is 54.0 Å². The minimum atomic E-state index is 0.426. The Bertz CT molecular complexity index is 603. The Labute approximate surface area is 121 Å². The van der Waals surface area contributed by atoms with Crippen molar-refractivity contribution >= 4 is 38.3 Å². The summed E-state index contributed by atoms with van der Waals surface area (Å²) in [5.74, 6) is 0.724. The summed E-state index contributed by atoms with van der Waals surface area (Å²) in [5.41, 5.74) is 1.83. The van der Waals surface area contributed by atoms with Gasteiger partial charge in [0.2, 0.25) is 0 Å². The van der Waals surface area contributed by atoms with Crippen LogP contribution in [0.4, 0.5) is 0 Å². The zero-order chi connectivity index (χ0) is 12.9. The van der Waals surface area contributed by atoms with Crippen molar-refractivity contribution in [2.45, 2.75) is 25.1 Å². The van der Waals surface area contributed by atoms with Gasteiger partial charge in [-0.15, -0.1) is 0 Å². The van der Waals surface area contributed by atoms with Gasteiger partial charge in [0.05, 0.1) is 0 Å². The Morgan fingerprint density at radius 2 is 1.78 bits per heavy atom. The van der Waals surface area contributed by atoms with Gasteiger partial charge >= 0.3 is 0 Å². The number of fused-ring (bicyclic) bond motifs is 1. The Morgan fingerprint density at radius 1 is 1.17 bits per heavy atom. The average molecular weight is 324 g/mol. The van der Waals surface area contributed by atoms with E-state index in [0.29, 0.717) is 10.2 Å². The Kier molecular flexibility index (Phi) is 2.95. The average Bonchev–Trinajstić information content (AvgIpc) is 2.99. The lowest BCUT2D eigenvalue weighted by atomic mass is 9.97. The second-order valence-electron chi connectivity index (χ2n) is 5.88. The third-order valence-corrected chi connectivity index (χ3v) is 5.61. The fraction of sp³-hybridized carbons (Fsp3) is 0.375. The Balaban J connectivity index is 2.10. The van der Waals surface area contributed by atoms with Gasteiger partial charge < -0.3 is 0 Å². The van der Waals surface area contributed by atoms with E-state index < -0.39 is 0 Å². The molecule has 2 aromatic rings. The molecule has 3 rings (SSSR count). The highest BCUT2D eigenvalue weighted by atomic mass is 79.9. The molecule has 18 heavy (non-hydrogen) atoms. The van der Waals surface area contributed by atoms with Crippen LogP contribution in [-0.2, 0) is 0 Å². The van der Waals surface area contributed by atoms with E-state index in [-0.39, 0.29) is 0 Å². The van der Waals surface area contributed by atoms with Gasteiger partial charge in [0, 0.05) is 15.2 Å². The molecule has 0 bridgehead atoms. The van der Waals surface area contributed by atoms with Crippen molar-refractivity contribution in [2.75, 3.05) is 0 Å². The van der Waals surface area contributed by atoms with Crippen LogP contribution < -0.4 is 0 Å². The van der Waals surface area contributed by atoms with E-state index in [1.165, 1.54) is 17.4 Å². The molecule has 0 spiro atoms. The number of hydrogen-bond donors (Lipinski definition) is 0. The summed E-state index contributed by atoms with van der Waals surface area (Å²) in [6.07, 6.45) is 1.29. The first kappa shape index (κ1) is 12.5. The maximum absolute atomic E-state index is 6.27. The van der Waals surface area contributed by atoms with Crippen LogP contribution in [0.2, 0.25) is 5.02 Å². The van der Waals surface area contributed by atoms with Crippen molar-refractivity contribution < 1.29 is 0 Å². The predicted molar refractivity (Wildman–Crippen MR) is 82.5 cm³/mol. The Morgan fingerprint density at radius 3 is 2.39 bits per heavy atom. The van der Waals surface area contributed by atoms with Crippen molar-refractivity contribution in [3.05, 3.63) is 47.0 Å². The summed E-state index contributed by atoms with van der Waals surface area (Å²) in [6.45, 7) is 4.67. The van der Waals surface area contributed by atoms with Crippen molar-refractivity contribution in [2.24, 2.45) is 11.3 Å². The summed E-state index contributed by atoms with van der Waals surface area (Å²) in [6, 6.07) is 12.6. The van der Waals surface area contributed by atoms with Gasteiger partial charge in [0.1, 0.15) is 0 Å². The molecule has 0 nitrogen and oxygen atoms in total. The van der Waals surface area contributed by atoms with Gasteiger partial charge in [-0.1, -0.05) is 71.7 Å². The molecule has 1 aliphatic rings. The smallest absolute Gasteiger partial charge is 0.0484 e. The molecule has 1 fully saturated rings. The van der Waals surface area contributed by atoms with Crippen LogP contribution in [0, 0.1) is 11.3 Å². The standard InChI is InChI=1S/C16H16BrCl/c1-16(2)9-13(16)15(17)12-7-8-14(18)11-6-4-3-5-10(11)12/h3-8,13,15H,9H2,1-2H3. The second-order valence-corrected chi connectivity index (χ2v) is 7.28. The van der Waals surface area contributed by atoms with E-state index in [0.717, 1.165) is 16.3 Å². The highest BCUT2D eigenvalue weighted by Gasteiger charge is 2.49. The van der Waals surface area contributed by atoms with Gasteiger partial charge in [0.15, 0.2) is 0 Å². The maximum Gasteiger partial charge on any atom is 0.0484 e. The number of rotatable bonds is 2. The quantitative estimate of drug-likeness (QED) is 0.597. The largest absolute Gasteiger partial charge is 0.0837 e. The molecule has 0 aliphatic heterocycles. The molecule has 0 radical (unpaired) electrons. The monoisotopic (exact) mass is 322 g/mol. The first-order chi connectivity index (χ1) is 8.50. The lowest BCUT2D eigenvalue weighted by Gasteiger charge is -2.15. The van der Waals surface area contributed by atoms with Crippen LogP contribution in [0.15, 0.2) is 36.4 Å². The number of benzene rings is 2. The van der Waals surface area contributed by atoms with Gasteiger partial charge in [0.25, 0.3) is 0 Å². The van der Waals surface area contributed by atoms with Crippen LogP contribution in [0.3, 0.4) is 0 Å². The fourth-order valence-corrected chi connectivity index (χ4v) is 4.28. The van der Waals surface area contributed by atoms with Crippen LogP contribution >= 0.6 is 27.5 Å². The molecule has 0 heterocycles. The van der Waals surface area contributed by atoms with Crippen molar-refractivity contribution in [3.63, 3.8) is 0 Å². The lowest BCUT2D eigenvalue weighted by molar-refractivity contribution is 0.556. The van der Waals surface area contributed by atoms with E-state index in [4.69, 9.17) is 11.6 Å². The van der Waals surface area contributed by atoms with Gasteiger partial charge in [-0.25, -0.2) is 0 Å². The van der Waals surface area contributed by atoms with Crippen LogP contribution in [0.25, 0.3) is 10.8 Å². The molecule has 1 saturated carbocycles. The fourth-order valence-electron chi connectivity index (χ4n) is 2.75. The highest BCUT2D eigenvalue weighted by molar-refractivity contribution is 9.09. The van der Waals surface area contributed by atoms with Crippen molar-refractivity contribution in [1.29, 1.82) is 0 Å². The zero-order valence-electron chi connectivity index (χ0n) is 10.6. The first-order valence-corrected chi connectivity index (χ1v) is 7.61. The third kappa shape index (κ3) is 1.98. The molecule has 2 unspecified atom stereocenters. The van der Waals surface area contributed by atoms with Gasteiger partial charge in [-0.05, 0) is 34.8 Å². The van der Waals surface area contributed by atoms with Gasteiger partial charge in [-0.3, -0.25) is 0 Å². The molecule has 0 amide bonds. The molecule has 2 atom stereocenters. The second kappa shape index (κ2) is 4.25. The van der Waals surface area contributed by atoms with E-state index in [9.17, 15) is 0 Å². The molecule has 0 aromatic heterocycles. The highest BCUT2D eigenvalue weighted by Crippen LogP contribution is 2.61. The van der Waals surface area contributed by atoms with Crippen molar-refractivity contribution in [3.8, 4) is 0 Å². The minimum absolute atomic E-state index is 0.426. The molecule has 0 N–H and O–H groups in total. The first-order valence-electron chi connectivity index (χ1n) is 6.32. The topological polar surface area (TPSA) is 0 Å². The van der Waals surface area contributed by atoms with Gasteiger partial charge in [-0.2, -0.15) is 0 Å². The molecule has 0 saturated heterocycles. The van der Waals surface area contributed by atoms with Crippen molar-refractivity contribution in [1.82, 2.24) is 0 Å². The van der Waals surface area contributed by atoms with E-state index >= 15 is 0 Å². The molecular weight excluding hydrogens is 308 g/mol. The minimum Gasteiger partial charge on any atom is -0.0837 e. The summed E-state index contributed by atoms with van der Waals surface area (Å²) in [5, 5.41) is 3.26. The molecular formula is C16H16BrCl. The maximum atomic E-state index is 6.27. The molecule has 2 aromatic carbocycles. The van der Waals surface area contributed by atoms with Crippen LogP contribution in [0.5, 0.6) is 0 Å². The van der Waals surface area contributed by atoms with E-state index in [1.807, 2.05) is 12.1 Å². The summed E-state index contributed by atoms with van der Waals surface area (Å²) in [4.78, 5) is 0.426. The predicted octanol–water partition coefficient (Wildman–Crippen LogP) is 5.98. The Hall–Kier alpha value is -0.530. The number of halogens is 2. The number of hydrogen-bond acceptors (Lipinski definition) is 0. The zero-order valence-corrected chi connectivity index (χ0v) is 12.9. The summed E-state index contributed by atoms with van der Waals surface area (Å²) < 4.78 is 0.